The quantitative estimate of drug-likeness (QED) is 0.462. The molecule has 0 nitrogen and oxygen atoms in total. The summed E-state index contributed by atoms with van der Waals surface area (Å²) in [6.45, 7) is 3.63. The predicted molar refractivity (Wildman–Crippen MR) is 68.7 cm³/mol. The molecule has 0 amide bonds. The van der Waals surface area contributed by atoms with Gasteiger partial charge in [0.05, 0.1) is 0 Å². The van der Waals surface area contributed by atoms with Gasteiger partial charge in [0.25, 0.3) is 0 Å². The summed E-state index contributed by atoms with van der Waals surface area (Å²) in [4.78, 5) is 0. The van der Waals surface area contributed by atoms with Crippen molar-refractivity contribution in [3.8, 4) is 0 Å². The van der Waals surface area contributed by atoms with Crippen LogP contribution >= 0.6 is 0 Å². The Hall–Kier alpha value is -1.56. The molecule has 0 aliphatic rings. The molecule has 1 aromatic rings. The Kier molecular flexibility index (Phi) is 5.99. The largest absolute Gasteiger partial charge is 0.0991 e. The van der Waals surface area contributed by atoms with Gasteiger partial charge < -0.3 is 0 Å². The molecule has 15 heavy (non-hydrogen) atoms. The minimum absolute atomic E-state index is 1.13. The van der Waals surface area contributed by atoms with Crippen LogP contribution in [0.5, 0.6) is 0 Å². The van der Waals surface area contributed by atoms with Crippen LogP contribution in [0.3, 0.4) is 0 Å². The van der Waals surface area contributed by atoms with E-state index >= 15 is 0 Å². The SMILES string of the molecule is C=C/C=C/CCC/C=C/c1ccccc1. The van der Waals surface area contributed by atoms with Crippen LogP contribution in [0.15, 0.2) is 61.2 Å². The molecule has 78 valence electrons. The molecule has 1 aromatic carbocycles. The van der Waals surface area contributed by atoms with E-state index in [1.54, 1.807) is 0 Å². The number of rotatable bonds is 6. The Morgan fingerprint density at radius 2 is 1.73 bits per heavy atom. The van der Waals surface area contributed by atoms with E-state index in [0.29, 0.717) is 0 Å². The molecule has 0 saturated heterocycles. The van der Waals surface area contributed by atoms with Crippen molar-refractivity contribution in [2.24, 2.45) is 0 Å². The molecule has 0 aliphatic carbocycles. The van der Waals surface area contributed by atoms with Gasteiger partial charge in [0.1, 0.15) is 0 Å². The molecule has 0 aliphatic heterocycles. The van der Waals surface area contributed by atoms with Crippen molar-refractivity contribution < 1.29 is 0 Å². The van der Waals surface area contributed by atoms with Crippen LogP contribution in [0.25, 0.3) is 6.08 Å². The third kappa shape index (κ3) is 5.69. The monoisotopic (exact) mass is 198 g/mol. The first-order valence-corrected chi connectivity index (χ1v) is 5.42. The number of unbranched alkanes of at least 4 members (excludes halogenated alkanes) is 2. The average molecular weight is 198 g/mol. The first kappa shape index (κ1) is 11.5. The van der Waals surface area contributed by atoms with Crippen molar-refractivity contribution >= 4 is 6.08 Å². The van der Waals surface area contributed by atoms with Crippen molar-refractivity contribution in [3.63, 3.8) is 0 Å². The molecule has 0 atom stereocenters. The second-order valence-corrected chi connectivity index (χ2v) is 3.41. The summed E-state index contributed by atoms with van der Waals surface area (Å²) in [6, 6.07) is 10.4. The molecule has 0 heteroatoms. The van der Waals surface area contributed by atoms with Crippen LogP contribution < -0.4 is 0 Å². The van der Waals surface area contributed by atoms with E-state index in [9.17, 15) is 0 Å². The van der Waals surface area contributed by atoms with Gasteiger partial charge in [0.15, 0.2) is 0 Å². The van der Waals surface area contributed by atoms with E-state index in [1.807, 2.05) is 18.2 Å². The molecule has 0 saturated carbocycles. The molecular formula is C15H18. The molecule has 0 radical (unpaired) electrons. The van der Waals surface area contributed by atoms with Crippen molar-refractivity contribution in [3.05, 3.63) is 66.8 Å². The molecule has 0 unspecified atom stereocenters. The minimum Gasteiger partial charge on any atom is -0.0991 e. The summed E-state index contributed by atoms with van der Waals surface area (Å²) in [6.07, 6.45) is 13.9. The standard InChI is InChI=1S/C15H18/c1-2-3-4-5-6-7-9-12-15-13-10-8-11-14-15/h2-4,8-14H,1,5-7H2/b4-3+,12-9+. The van der Waals surface area contributed by atoms with Gasteiger partial charge in [-0.25, -0.2) is 0 Å². The zero-order chi connectivity index (χ0) is 10.8. The van der Waals surface area contributed by atoms with Gasteiger partial charge in [-0.1, -0.05) is 67.3 Å². The third-order valence-electron chi connectivity index (χ3n) is 2.12. The maximum Gasteiger partial charge on any atom is -0.0260 e. The second kappa shape index (κ2) is 7.81. The van der Waals surface area contributed by atoms with Crippen LogP contribution in [0.4, 0.5) is 0 Å². The summed E-state index contributed by atoms with van der Waals surface area (Å²) >= 11 is 0. The lowest BCUT2D eigenvalue weighted by atomic mass is 10.1. The topological polar surface area (TPSA) is 0 Å². The highest BCUT2D eigenvalue weighted by molar-refractivity contribution is 5.48. The summed E-state index contributed by atoms with van der Waals surface area (Å²) < 4.78 is 0. The van der Waals surface area contributed by atoms with Crippen molar-refractivity contribution in [1.29, 1.82) is 0 Å². The smallest absolute Gasteiger partial charge is 0.0260 e. The van der Waals surface area contributed by atoms with Crippen LogP contribution in [0.1, 0.15) is 24.8 Å². The molecule has 0 spiro atoms. The van der Waals surface area contributed by atoms with Gasteiger partial charge in [0.2, 0.25) is 0 Å². The zero-order valence-corrected chi connectivity index (χ0v) is 9.10. The lowest BCUT2D eigenvalue weighted by molar-refractivity contribution is 0.870. The van der Waals surface area contributed by atoms with Crippen LogP contribution in [0.2, 0.25) is 0 Å². The van der Waals surface area contributed by atoms with Gasteiger partial charge in [-0.15, -0.1) is 0 Å². The van der Waals surface area contributed by atoms with Gasteiger partial charge in [-0.3, -0.25) is 0 Å². The zero-order valence-electron chi connectivity index (χ0n) is 9.10. The first-order valence-electron chi connectivity index (χ1n) is 5.42. The van der Waals surface area contributed by atoms with Crippen molar-refractivity contribution in [2.45, 2.75) is 19.3 Å². The Labute approximate surface area is 92.6 Å². The number of hydrogen-bond acceptors (Lipinski definition) is 0. The van der Waals surface area contributed by atoms with Gasteiger partial charge >= 0.3 is 0 Å². The van der Waals surface area contributed by atoms with Gasteiger partial charge in [0, 0.05) is 0 Å². The Morgan fingerprint density at radius 1 is 1.00 bits per heavy atom. The molecule has 1 rings (SSSR count). The minimum atomic E-state index is 1.13. The molecule has 0 N–H and O–H groups in total. The van der Waals surface area contributed by atoms with E-state index in [1.165, 1.54) is 12.0 Å². The van der Waals surface area contributed by atoms with E-state index in [-0.39, 0.29) is 0 Å². The summed E-state index contributed by atoms with van der Waals surface area (Å²) in [5.74, 6) is 0. The summed E-state index contributed by atoms with van der Waals surface area (Å²) in [5, 5.41) is 0. The maximum atomic E-state index is 3.63. The molecular weight excluding hydrogens is 180 g/mol. The highest BCUT2D eigenvalue weighted by Crippen LogP contribution is 2.04. The van der Waals surface area contributed by atoms with E-state index < -0.39 is 0 Å². The fourth-order valence-corrected chi connectivity index (χ4v) is 1.33. The summed E-state index contributed by atoms with van der Waals surface area (Å²) in [7, 11) is 0. The highest BCUT2D eigenvalue weighted by Gasteiger charge is 1.83. The Balaban J connectivity index is 2.17. The van der Waals surface area contributed by atoms with E-state index in [4.69, 9.17) is 0 Å². The number of benzene rings is 1. The maximum absolute atomic E-state index is 3.63. The number of hydrogen-bond donors (Lipinski definition) is 0. The average Bonchev–Trinajstić information content (AvgIpc) is 2.29. The molecule has 0 fully saturated rings. The third-order valence-corrected chi connectivity index (χ3v) is 2.12. The van der Waals surface area contributed by atoms with Crippen molar-refractivity contribution in [2.75, 3.05) is 0 Å². The molecule has 0 heterocycles. The number of allylic oxidation sites excluding steroid dienone is 4. The highest BCUT2D eigenvalue weighted by atomic mass is 13.9. The fourth-order valence-electron chi connectivity index (χ4n) is 1.33. The first-order chi connectivity index (χ1) is 7.43. The van der Waals surface area contributed by atoms with E-state index in [2.05, 4.69) is 49.1 Å². The Bertz CT molecular complexity index is 317. The predicted octanol–water partition coefficient (Wildman–Crippen LogP) is 4.61. The normalized spacial score (nSPS) is 11.2. The Morgan fingerprint density at radius 3 is 2.47 bits per heavy atom. The summed E-state index contributed by atoms with van der Waals surface area (Å²) in [5.41, 5.74) is 1.28. The fraction of sp³-hybridized carbons (Fsp3) is 0.200. The van der Waals surface area contributed by atoms with Gasteiger partial charge in [-0.05, 0) is 24.8 Å². The van der Waals surface area contributed by atoms with Crippen LogP contribution in [0, 0.1) is 0 Å². The lowest BCUT2D eigenvalue weighted by Crippen LogP contribution is -1.71. The molecule has 0 bridgehead atoms. The lowest BCUT2D eigenvalue weighted by Gasteiger charge is -1.92. The van der Waals surface area contributed by atoms with Crippen LogP contribution in [-0.4, -0.2) is 0 Å². The second-order valence-electron chi connectivity index (χ2n) is 3.41. The van der Waals surface area contributed by atoms with Gasteiger partial charge in [-0.2, -0.15) is 0 Å². The molecule has 0 aromatic heterocycles. The van der Waals surface area contributed by atoms with Crippen LogP contribution in [-0.2, 0) is 0 Å². The van der Waals surface area contributed by atoms with Crippen molar-refractivity contribution in [1.82, 2.24) is 0 Å². The van der Waals surface area contributed by atoms with E-state index in [0.717, 1.165) is 12.8 Å².